The van der Waals surface area contributed by atoms with Gasteiger partial charge >= 0.3 is 0 Å². The topological polar surface area (TPSA) is 56.6 Å². The van der Waals surface area contributed by atoms with E-state index < -0.39 is 5.24 Å². The molecule has 1 aromatic rings. The maximum Gasteiger partial charge on any atom is 0.270 e. The van der Waals surface area contributed by atoms with Crippen LogP contribution in [0.4, 0.5) is 0 Å². The molecule has 0 aliphatic carbocycles. The average molecular weight is 155 g/mol. The van der Waals surface area contributed by atoms with E-state index in [-0.39, 0.29) is 11.3 Å². The smallest absolute Gasteiger partial charge is 0.270 e. The molecular weight excluding hydrogens is 152 g/mol. The second kappa shape index (κ2) is 2.54. The second-order valence-electron chi connectivity index (χ2n) is 1.65. The molecule has 1 rings (SSSR count). The molecule has 0 saturated heterocycles. The summed E-state index contributed by atoms with van der Waals surface area (Å²) in [7, 11) is 0. The Morgan fingerprint density at radius 1 is 1.80 bits per heavy atom. The molecule has 1 N–H and O–H groups in total. The minimum atomic E-state index is -0.637. The Bertz CT molecular complexity index is 297. The van der Waals surface area contributed by atoms with Crippen molar-refractivity contribution >= 4 is 16.8 Å². The Hall–Kier alpha value is -1.27. The van der Waals surface area contributed by atoms with Crippen LogP contribution in [0.2, 0.25) is 0 Å². The third-order valence-corrected chi connectivity index (χ3v) is 1.25. The average Bonchev–Trinajstić information content (AvgIpc) is 2.33. The van der Waals surface area contributed by atoms with Gasteiger partial charge in [0.15, 0.2) is 0 Å². The number of hydrogen-bond donors (Lipinski definition) is 1. The Morgan fingerprint density at radius 2 is 2.50 bits per heavy atom. The van der Waals surface area contributed by atoms with Crippen LogP contribution in [0.15, 0.2) is 12.3 Å². The molecule has 0 amide bonds. The molecule has 0 radical (unpaired) electrons. The van der Waals surface area contributed by atoms with Crippen molar-refractivity contribution in [3.8, 4) is 6.07 Å². The van der Waals surface area contributed by atoms with Gasteiger partial charge in [-0.3, -0.25) is 4.79 Å². The summed E-state index contributed by atoms with van der Waals surface area (Å²) in [5.41, 5.74) is 0.434. The molecule has 1 aromatic heterocycles. The Balaban J connectivity index is 3.17. The molecule has 10 heavy (non-hydrogen) atoms. The summed E-state index contributed by atoms with van der Waals surface area (Å²) in [6, 6.07) is 3.32. The van der Waals surface area contributed by atoms with Gasteiger partial charge in [-0.15, -0.1) is 0 Å². The van der Waals surface area contributed by atoms with Crippen molar-refractivity contribution in [1.82, 2.24) is 4.98 Å². The summed E-state index contributed by atoms with van der Waals surface area (Å²) in [5, 5.41) is 7.74. The van der Waals surface area contributed by atoms with Gasteiger partial charge in [-0.1, -0.05) is 0 Å². The molecule has 0 bridgehead atoms. The zero-order valence-corrected chi connectivity index (χ0v) is 5.64. The fraction of sp³-hybridized carbons (Fsp3) is 0. The number of rotatable bonds is 1. The van der Waals surface area contributed by atoms with E-state index in [1.165, 1.54) is 12.3 Å². The SMILES string of the molecule is N#Cc1cc[nH]c1C(=O)Cl. The van der Waals surface area contributed by atoms with Gasteiger partial charge in [-0.05, 0) is 17.7 Å². The first-order valence-electron chi connectivity index (χ1n) is 2.53. The standard InChI is InChI=1S/C6H3ClN2O/c7-6(10)5-4(3-8)1-2-9-5/h1-2,9H. The number of H-pyrrole nitrogens is 1. The molecule has 3 nitrogen and oxygen atoms in total. The number of carbonyl (C=O) groups excluding carboxylic acids is 1. The van der Waals surface area contributed by atoms with Gasteiger partial charge in [0.05, 0.1) is 5.56 Å². The first-order chi connectivity index (χ1) is 4.75. The zero-order chi connectivity index (χ0) is 7.56. The fourth-order valence-corrected chi connectivity index (χ4v) is 0.782. The number of aromatic amines is 1. The van der Waals surface area contributed by atoms with E-state index in [9.17, 15) is 4.79 Å². The monoisotopic (exact) mass is 154 g/mol. The normalized spacial score (nSPS) is 8.80. The highest BCUT2D eigenvalue weighted by atomic mass is 35.5. The summed E-state index contributed by atoms with van der Waals surface area (Å²) in [4.78, 5) is 13.0. The Kier molecular flexibility index (Phi) is 1.74. The minimum Gasteiger partial charge on any atom is -0.357 e. The molecule has 0 atom stereocenters. The molecule has 50 valence electrons. The van der Waals surface area contributed by atoms with Crippen molar-refractivity contribution in [2.75, 3.05) is 0 Å². The van der Waals surface area contributed by atoms with E-state index in [2.05, 4.69) is 4.98 Å². The van der Waals surface area contributed by atoms with E-state index in [1.807, 2.05) is 6.07 Å². The van der Waals surface area contributed by atoms with E-state index in [4.69, 9.17) is 16.9 Å². The summed E-state index contributed by atoms with van der Waals surface area (Å²) in [6.45, 7) is 0. The Morgan fingerprint density at radius 3 is 2.90 bits per heavy atom. The minimum absolute atomic E-state index is 0.157. The lowest BCUT2D eigenvalue weighted by Crippen LogP contribution is -1.90. The Labute approximate surface area is 62.2 Å². The van der Waals surface area contributed by atoms with Crippen LogP contribution in [0.5, 0.6) is 0 Å². The lowest BCUT2D eigenvalue weighted by Gasteiger charge is -1.84. The number of carbonyl (C=O) groups is 1. The van der Waals surface area contributed by atoms with E-state index in [1.54, 1.807) is 0 Å². The maximum absolute atomic E-state index is 10.5. The van der Waals surface area contributed by atoms with Crippen molar-refractivity contribution in [2.45, 2.75) is 0 Å². The summed E-state index contributed by atoms with van der Waals surface area (Å²) in [5.74, 6) is 0. The van der Waals surface area contributed by atoms with Gasteiger partial charge in [-0.2, -0.15) is 5.26 Å². The van der Waals surface area contributed by atoms with Gasteiger partial charge < -0.3 is 4.98 Å². The second-order valence-corrected chi connectivity index (χ2v) is 2.00. The van der Waals surface area contributed by atoms with Crippen molar-refractivity contribution in [3.05, 3.63) is 23.5 Å². The molecular formula is C6H3ClN2O. The van der Waals surface area contributed by atoms with Crippen molar-refractivity contribution in [3.63, 3.8) is 0 Å². The molecule has 0 fully saturated rings. The van der Waals surface area contributed by atoms with Gasteiger partial charge in [0.2, 0.25) is 0 Å². The van der Waals surface area contributed by atoms with Crippen LogP contribution < -0.4 is 0 Å². The molecule has 0 aliphatic heterocycles. The first kappa shape index (κ1) is 6.84. The number of hydrogen-bond acceptors (Lipinski definition) is 2. The van der Waals surface area contributed by atoms with Crippen LogP contribution in [0.25, 0.3) is 0 Å². The largest absolute Gasteiger partial charge is 0.357 e. The van der Waals surface area contributed by atoms with Gasteiger partial charge in [-0.25, -0.2) is 0 Å². The molecule has 0 aliphatic rings. The van der Waals surface area contributed by atoms with Gasteiger partial charge in [0.1, 0.15) is 11.8 Å². The highest BCUT2D eigenvalue weighted by molar-refractivity contribution is 6.67. The summed E-state index contributed by atoms with van der Waals surface area (Å²) in [6.07, 6.45) is 1.49. The lowest BCUT2D eigenvalue weighted by atomic mass is 10.3. The van der Waals surface area contributed by atoms with Crippen molar-refractivity contribution in [2.24, 2.45) is 0 Å². The van der Waals surface area contributed by atoms with Crippen molar-refractivity contribution < 1.29 is 4.79 Å². The quantitative estimate of drug-likeness (QED) is 0.620. The predicted octanol–water partition coefficient (Wildman–Crippen LogP) is 1.27. The fourth-order valence-electron chi connectivity index (χ4n) is 0.625. The molecule has 0 unspecified atom stereocenters. The highest BCUT2D eigenvalue weighted by Gasteiger charge is 2.07. The molecule has 0 spiro atoms. The van der Waals surface area contributed by atoms with Crippen LogP contribution >= 0.6 is 11.6 Å². The highest BCUT2D eigenvalue weighted by Crippen LogP contribution is 2.06. The first-order valence-corrected chi connectivity index (χ1v) is 2.91. The number of halogens is 1. The third-order valence-electron chi connectivity index (χ3n) is 1.06. The summed E-state index contributed by atoms with van der Waals surface area (Å²) < 4.78 is 0. The third kappa shape index (κ3) is 1.02. The molecule has 4 heteroatoms. The van der Waals surface area contributed by atoms with E-state index in [0.717, 1.165) is 0 Å². The van der Waals surface area contributed by atoms with E-state index in [0.29, 0.717) is 0 Å². The lowest BCUT2D eigenvalue weighted by molar-refractivity contribution is 0.107. The number of aromatic nitrogens is 1. The number of nitriles is 1. The maximum atomic E-state index is 10.5. The molecule has 1 heterocycles. The zero-order valence-electron chi connectivity index (χ0n) is 4.89. The number of nitrogens with zero attached hydrogens (tertiary/aromatic N) is 1. The molecule has 0 saturated carbocycles. The van der Waals surface area contributed by atoms with Crippen LogP contribution in [0, 0.1) is 11.3 Å². The van der Waals surface area contributed by atoms with Crippen LogP contribution in [0.1, 0.15) is 16.1 Å². The van der Waals surface area contributed by atoms with Crippen LogP contribution in [-0.4, -0.2) is 10.2 Å². The van der Waals surface area contributed by atoms with Crippen LogP contribution in [-0.2, 0) is 0 Å². The molecule has 0 aromatic carbocycles. The summed E-state index contributed by atoms with van der Waals surface area (Å²) >= 11 is 5.11. The predicted molar refractivity (Wildman–Crippen MR) is 35.7 cm³/mol. The van der Waals surface area contributed by atoms with Gasteiger partial charge in [0, 0.05) is 6.20 Å². The number of nitrogens with one attached hydrogen (secondary N) is 1. The van der Waals surface area contributed by atoms with E-state index >= 15 is 0 Å². The van der Waals surface area contributed by atoms with Crippen molar-refractivity contribution in [1.29, 1.82) is 5.26 Å². The van der Waals surface area contributed by atoms with Crippen LogP contribution in [0.3, 0.4) is 0 Å². The van der Waals surface area contributed by atoms with Gasteiger partial charge in [0.25, 0.3) is 5.24 Å².